The van der Waals surface area contributed by atoms with Crippen molar-refractivity contribution >= 4 is 40.0 Å². The minimum atomic E-state index is -6.86. The van der Waals surface area contributed by atoms with Crippen LogP contribution < -0.4 is 0 Å². The van der Waals surface area contributed by atoms with Crippen LogP contribution in [0.2, 0.25) is 0 Å². The van der Waals surface area contributed by atoms with Crippen LogP contribution in [0, 0.1) is 46.3 Å². The van der Waals surface area contributed by atoms with Gasteiger partial charge < -0.3 is 28.2 Å². The SMILES string of the molecule is CC(=O)OC1CC[C@@]2(C)[C@@H](C1)CC(OC(C)=O)[C@@H]1[C@@H]2CC(OC(C)=O)[C@]2(C)[C@@H]([C@H](C)CCC(=O)OCCC(=O)OC(C(F)(F)F)C(F)(F)S(=O)(=O)[O-])CC[C@@H]12. The molecule has 0 heterocycles. The highest BCUT2D eigenvalue weighted by atomic mass is 32.2. The number of carbonyl (C=O) groups excluding carboxylic acids is 5. The molecule has 12 atom stereocenters. The molecule has 4 rings (SSSR count). The smallest absolute Gasteiger partial charge is 0.432 e. The fraction of sp³-hybridized carbons (Fsp3) is 0.861. The second-order valence-electron chi connectivity index (χ2n) is 16.2. The van der Waals surface area contributed by atoms with Crippen molar-refractivity contribution in [1.29, 1.82) is 0 Å². The van der Waals surface area contributed by atoms with Gasteiger partial charge in [0, 0.05) is 38.5 Å². The standard InChI is InChI=1S/C36H51F5O13S/c1-18(7-10-29(45)50-14-12-30(46)54-32(35(37,38)39)36(40,41)55(47,48)49)24-8-9-25-31-26(17-28(34(24,25)6)53-21(4)44)33(5)13-11-23(51-19(2)42)15-22(33)16-27(31)52-20(3)43/h18,22-28,31-32H,7-17H2,1-6H3,(H,47,48,49)/p-1/t18-,22+,23?,24-,25+,26+,27?,28?,31+,32?,33+,34-/m1/s1. The Balaban J connectivity index is 1.45. The summed E-state index contributed by atoms with van der Waals surface area (Å²) in [6.07, 6.45) is -8.27. The van der Waals surface area contributed by atoms with E-state index in [1.807, 2.05) is 6.92 Å². The number of hydrogen-bond acceptors (Lipinski definition) is 13. The van der Waals surface area contributed by atoms with Gasteiger partial charge >= 0.3 is 41.3 Å². The topological polar surface area (TPSA) is 189 Å². The molecule has 0 radical (unpaired) electrons. The Morgan fingerprint density at radius 1 is 0.818 bits per heavy atom. The van der Waals surface area contributed by atoms with Crippen LogP contribution in [-0.2, 0) is 57.8 Å². The van der Waals surface area contributed by atoms with E-state index in [0.29, 0.717) is 32.1 Å². The van der Waals surface area contributed by atoms with Crippen LogP contribution in [0.25, 0.3) is 0 Å². The number of carbonyl (C=O) groups is 5. The van der Waals surface area contributed by atoms with E-state index < -0.39 is 82.2 Å². The second-order valence-corrected chi connectivity index (χ2v) is 17.6. The largest absolute Gasteiger partial charge is 0.743 e. The van der Waals surface area contributed by atoms with Gasteiger partial charge in [0.15, 0.2) is 10.1 Å². The zero-order valence-electron chi connectivity index (χ0n) is 31.7. The lowest BCUT2D eigenvalue weighted by molar-refractivity contribution is -0.259. The number of esters is 5. The summed E-state index contributed by atoms with van der Waals surface area (Å²) in [5.41, 5.74) is -0.801. The molecule has 13 nitrogen and oxygen atoms in total. The van der Waals surface area contributed by atoms with Gasteiger partial charge in [-0.2, -0.15) is 22.0 Å². The fourth-order valence-corrected chi connectivity index (χ4v) is 11.1. The molecule has 4 aliphatic rings. The first-order valence-corrected chi connectivity index (χ1v) is 19.9. The van der Waals surface area contributed by atoms with Crippen molar-refractivity contribution in [1.82, 2.24) is 0 Å². The molecule has 4 unspecified atom stereocenters. The average molecular weight is 818 g/mol. The van der Waals surface area contributed by atoms with Crippen LogP contribution in [0.15, 0.2) is 0 Å². The van der Waals surface area contributed by atoms with Crippen molar-refractivity contribution in [3.05, 3.63) is 0 Å². The van der Waals surface area contributed by atoms with Crippen LogP contribution in [0.5, 0.6) is 0 Å². The van der Waals surface area contributed by atoms with Crippen molar-refractivity contribution in [2.24, 2.45) is 46.3 Å². The van der Waals surface area contributed by atoms with E-state index in [-0.39, 0.29) is 65.8 Å². The van der Waals surface area contributed by atoms with Gasteiger partial charge in [-0.05, 0) is 86.4 Å². The zero-order chi connectivity index (χ0) is 41.5. The average Bonchev–Trinajstić information content (AvgIpc) is 3.39. The second kappa shape index (κ2) is 16.4. The van der Waals surface area contributed by atoms with Crippen LogP contribution >= 0.6 is 0 Å². The lowest BCUT2D eigenvalue weighted by Crippen LogP contribution is -2.63. The van der Waals surface area contributed by atoms with Gasteiger partial charge in [-0.1, -0.05) is 20.8 Å². The van der Waals surface area contributed by atoms with Crippen LogP contribution in [0.3, 0.4) is 0 Å². The van der Waals surface area contributed by atoms with E-state index in [1.54, 1.807) is 0 Å². The van der Waals surface area contributed by atoms with Crippen molar-refractivity contribution in [2.75, 3.05) is 6.61 Å². The van der Waals surface area contributed by atoms with Crippen molar-refractivity contribution in [3.63, 3.8) is 0 Å². The van der Waals surface area contributed by atoms with E-state index in [9.17, 15) is 58.9 Å². The quantitative estimate of drug-likeness (QED) is 0.0965. The Hall–Kier alpha value is -3.09. The number of halogens is 5. The Kier molecular flexibility index (Phi) is 13.3. The van der Waals surface area contributed by atoms with Crippen molar-refractivity contribution in [2.45, 2.75) is 142 Å². The molecular weight excluding hydrogens is 767 g/mol. The lowest BCUT2D eigenvalue weighted by atomic mass is 9.43. The molecule has 4 fully saturated rings. The number of ether oxygens (including phenoxy) is 5. The number of fused-ring (bicyclic) bond motifs is 5. The first-order chi connectivity index (χ1) is 25.2. The zero-order valence-corrected chi connectivity index (χ0v) is 32.5. The van der Waals surface area contributed by atoms with Gasteiger partial charge in [0.05, 0.1) is 6.42 Å². The van der Waals surface area contributed by atoms with E-state index >= 15 is 0 Å². The van der Waals surface area contributed by atoms with E-state index in [2.05, 4.69) is 18.6 Å². The molecule has 55 heavy (non-hydrogen) atoms. The lowest BCUT2D eigenvalue weighted by Gasteiger charge is -2.64. The minimum Gasteiger partial charge on any atom is -0.743 e. The van der Waals surface area contributed by atoms with E-state index in [1.165, 1.54) is 20.8 Å². The number of hydrogen-bond donors (Lipinski definition) is 0. The van der Waals surface area contributed by atoms with Crippen molar-refractivity contribution in [3.8, 4) is 0 Å². The highest BCUT2D eigenvalue weighted by Gasteiger charge is 2.68. The number of alkyl halides is 5. The summed E-state index contributed by atoms with van der Waals surface area (Å²) >= 11 is 0. The van der Waals surface area contributed by atoms with Gasteiger partial charge in [0.25, 0.3) is 6.10 Å². The molecule has 0 amide bonds. The van der Waals surface area contributed by atoms with Crippen LogP contribution in [0.1, 0.15) is 106 Å². The molecule has 19 heteroatoms. The fourth-order valence-electron chi connectivity index (χ4n) is 10.6. The predicted octanol–water partition coefficient (Wildman–Crippen LogP) is 5.62. The highest BCUT2D eigenvalue weighted by Crippen LogP contribution is 2.69. The Morgan fingerprint density at radius 3 is 2.00 bits per heavy atom. The summed E-state index contributed by atoms with van der Waals surface area (Å²) in [7, 11) is -6.86. The summed E-state index contributed by atoms with van der Waals surface area (Å²) < 4.78 is 125. The van der Waals surface area contributed by atoms with Gasteiger partial charge in [0.1, 0.15) is 24.9 Å². The maximum Gasteiger partial charge on any atom is 0.432 e. The Bertz CT molecular complexity index is 1590. The highest BCUT2D eigenvalue weighted by molar-refractivity contribution is 7.86. The van der Waals surface area contributed by atoms with Gasteiger partial charge in [-0.3, -0.25) is 24.0 Å². The Morgan fingerprint density at radius 2 is 1.44 bits per heavy atom. The molecule has 0 aliphatic heterocycles. The molecule has 0 saturated heterocycles. The normalized spacial score (nSPS) is 34.5. The van der Waals surface area contributed by atoms with Crippen molar-refractivity contribution < 1.29 is 82.6 Å². The van der Waals surface area contributed by atoms with E-state index in [0.717, 1.165) is 12.8 Å². The molecular formula is C36H50F5O13S-. The summed E-state index contributed by atoms with van der Waals surface area (Å²) in [6, 6.07) is 0. The summed E-state index contributed by atoms with van der Waals surface area (Å²) in [5, 5.41) is -6.00. The maximum atomic E-state index is 13.7. The molecule has 314 valence electrons. The monoisotopic (exact) mass is 817 g/mol. The number of rotatable bonds is 13. The molecule has 0 aromatic rings. The third kappa shape index (κ3) is 9.39. The molecule has 0 spiro atoms. The minimum absolute atomic E-state index is 0.0226. The van der Waals surface area contributed by atoms with Gasteiger partial charge in [0.2, 0.25) is 0 Å². The third-order valence-corrected chi connectivity index (χ3v) is 13.8. The Labute approximate surface area is 316 Å². The van der Waals surface area contributed by atoms with Gasteiger partial charge in [-0.25, -0.2) is 8.42 Å². The molecule has 4 aliphatic carbocycles. The first-order valence-electron chi connectivity index (χ1n) is 18.5. The molecule has 0 aromatic heterocycles. The van der Waals surface area contributed by atoms with Crippen LogP contribution in [-0.4, -0.2) is 85.3 Å². The maximum absolute atomic E-state index is 13.7. The van der Waals surface area contributed by atoms with E-state index in [4.69, 9.17) is 18.9 Å². The third-order valence-electron chi connectivity index (χ3n) is 13.0. The molecule has 0 N–H and O–H groups in total. The summed E-state index contributed by atoms with van der Waals surface area (Å²) in [5.74, 6) is -4.26. The van der Waals surface area contributed by atoms with Gasteiger partial charge in [-0.15, -0.1) is 0 Å². The molecule has 4 saturated carbocycles. The van der Waals surface area contributed by atoms with Crippen LogP contribution in [0.4, 0.5) is 22.0 Å². The molecule has 0 bridgehead atoms. The first kappa shape index (κ1) is 44.6. The molecule has 0 aromatic carbocycles. The summed E-state index contributed by atoms with van der Waals surface area (Å²) in [4.78, 5) is 61.4. The summed E-state index contributed by atoms with van der Waals surface area (Å²) in [6.45, 7) is 9.47. The predicted molar refractivity (Wildman–Crippen MR) is 177 cm³/mol.